The minimum Gasteiger partial charge on any atom is -0.423 e. The van der Waals surface area contributed by atoms with Gasteiger partial charge in [-0.15, -0.1) is 0 Å². The fourth-order valence-corrected chi connectivity index (χ4v) is 2.71. The van der Waals surface area contributed by atoms with Crippen molar-refractivity contribution in [2.75, 3.05) is 0 Å². The fraction of sp³-hybridized carbons (Fsp3) is 0. The van der Waals surface area contributed by atoms with Gasteiger partial charge in [-0.25, -0.2) is 14.4 Å². The number of benzene rings is 3. The van der Waals surface area contributed by atoms with Crippen molar-refractivity contribution in [1.82, 2.24) is 0 Å². The molecule has 3 aromatic carbocycles. The predicted octanol–water partition coefficient (Wildman–Crippen LogP) is 5.16. The van der Waals surface area contributed by atoms with Gasteiger partial charge >= 0.3 is 17.9 Å². The summed E-state index contributed by atoms with van der Waals surface area (Å²) in [5, 5.41) is 0. The molecule has 6 nitrogen and oxygen atoms in total. The molecule has 33 heavy (non-hydrogen) atoms. The Morgan fingerprint density at radius 2 is 0.909 bits per heavy atom. The van der Waals surface area contributed by atoms with Gasteiger partial charge in [0.15, 0.2) is 0 Å². The molecule has 0 unspecified atom stereocenters. The number of carbonyl (C=O) groups excluding carboxylic acids is 3. The normalized spacial score (nSPS) is 10.3. The van der Waals surface area contributed by atoms with E-state index in [2.05, 4.69) is 13.2 Å². The van der Waals surface area contributed by atoms with E-state index in [-0.39, 0.29) is 0 Å². The van der Waals surface area contributed by atoms with Crippen molar-refractivity contribution in [2.45, 2.75) is 0 Å². The van der Waals surface area contributed by atoms with Gasteiger partial charge in [-0.2, -0.15) is 0 Å². The lowest BCUT2D eigenvalue weighted by Gasteiger charge is -2.05. The smallest absolute Gasteiger partial charge is 0.336 e. The van der Waals surface area contributed by atoms with Crippen LogP contribution in [0, 0.1) is 0 Å². The molecule has 0 aromatic heterocycles. The molecule has 3 rings (SSSR count). The highest BCUT2D eigenvalue weighted by Gasteiger charge is 2.04. The standard InChI is InChI=1S/C27H20O6/c1-3-25(28)31-22-12-10-21(11-13-22)20-8-5-19(6-9-20)7-18-27(30)33-24-16-14-23(15-17-24)32-26(29)4-2/h3-18H,1-2H2/b18-7+. The number of ether oxygens (including phenoxy) is 3. The molecule has 0 aliphatic rings. The third kappa shape index (κ3) is 6.90. The molecule has 164 valence electrons. The zero-order chi connectivity index (χ0) is 23.6. The highest BCUT2D eigenvalue weighted by Crippen LogP contribution is 2.23. The van der Waals surface area contributed by atoms with Crippen LogP contribution < -0.4 is 14.2 Å². The van der Waals surface area contributed by atoms with Crippen molar-refractivity contribution in [3.63, 3.8) is 0 Å². The quantitative estimate of drug-likeness (QED) is 0.274. The van der Waals surface area contributed by atoms with E-state index in [9.17, 15) is 14.4 Å². The van der Waals surface area contributed by atoms with Gasteiger partial charge in [-0.1, -0.05) is 49.6 Å². The van der Waals surface area contributed by atoms with Gasteiger partial charge in [-0.3, -0.25) is 0 Å². The van der Waals surface area contributed by atoms with Crippen LogP contribution in [0.25, 0.3) is 17.2 Å². The van der Waals surface area contributed by atoms with Gasteiger partial charge in [0.1, 0.15) is 17.2 Å². The largest absolute Gasteiger partial charge is 0.423 e. The van der Waals surface area contributed by atoms with E-state index in [1.54, 1.807) is 18.2 Å². The van der Waals surface area contributed by atoms with Crippen LogP contribution in [0.4, 0.5) is 0 Å². The van der Waals surface area contributed by atoms with Gasteiger partial charge in [0, 0.05) is 18.2 Å². The van der Waals surface area contributed by atoms with Gasteiger partial charge < -0.3 is 14.2 Å². The second kappa shape index (κ2) is 11.1. The van der Waals surface area contributed by atoms with Crippen LogP contribution in [0.15, 0.2) is 104 Å². The lowest BCUT2D eigenvalue weighted by atomic mass is 10.0. The molecule has 0 aliphatic carbocycles. The van der Waals surface area contributed by atoms with Crippen molar-refractivity contribution < 1.29 is 28.6 Å². The Bertz CT molecular complexity index is 1190. The zero-order valence-electron chi connectivity index (χ0n) is 17.6. The van der Waals surface area contributed by atoms with E-state index in [1.807, 2.05) is 36.4 Å². The summed E-state index contributed by atoms with van der Waals surface area (Å²) in [7, 11) is 0. The average molecular weight is 440 g/mol. The second-order valence-electron chi connectivity index (χ2n) is 6.62. The maximum Gasteiger partial charge on any atom is 0.336 e. The van der Waals surface area contributed by atoms with Crippen LogP contribution in [0.2, 0.25) is 0 Å². The summed E-state index contributed by atoms with van der Waals surface area (Å²) in [5.41, 5.74) is 2.73. The lowest BCUT2D eigenvalue weighted by molar-refractivity contribution is -0.130. The summed E-state index contributed by atoms with van der Waals surface area (Å²) in [6, 6.07) is 20.7. The Labute approximate surface area is 191 Å². The number of carbonyl (C=O) groups is 3. The van der Waals surface area contributed by atoms with E-state index in [4.69, 9.17) is 14.2 Å². The summed E-state index contributed by atoms with van der Waals surface area (Å²) >= 11 is 0. The van der Waals surface area contributed by atoms with E-state index in [1.165, 1.54) is 30.3 Å². The van der Waals surface area contributed by atoms with Gasteiger partial charge in [0.25, 0.3) is 0 Å². The minimum atomic E-state index is -0.570. The highest BCUT2D eigenvalue weighted by atomic mass is 16.5. The monoisotopic (exact) mass is 440 g/mol. The second-order valence-corrected chi connectivity index (χ2v) is 6.62. The van der Waals surface area contributed by atoms with E-state index in [0.29, 0.717) is 17.2 Å². The van der Waals surface area contributed by atoms with E-state index >= 15 is 0 Å². The van der Waals surface area contributed by atoms with Gasteiger partial charge in [0.2, 0.25) is 0 Å². The van der Waals surface area contributed by atoms with Gasteiger partial charge in [0.05, 0.1) is 0 Å². The topological polar surface area (TPSA) is 78.9 Å². The van der Waals surface area contributed by atoms with E-state index < -0.39 is 17.9 Å². The Kier molecular flexibility index (Phi) is 7.70. The van der Waals surface area contributed by atoms with Crippen molar-refractivity contribution in [3.05, 3.63) is 110 Å². The molecule has 0 saturated heterocycles. The number of esters is 3. The third-order valence-electron chi connectivity index (χ3n) is 4.32. The summed E-state index contributed by atoms with van der Waals surface area (Å²) < 4.78 is 15.3. The first kappa shape index (κ1) is 23.0. The summed E-state index contributed by atoms with van der Waals surface area (Å²) in [6.45, 7) is 6.69. The molecule has 0 amide bonds. The molecule has 0 heterocycles. The lowest BCUT2D eigenvalue weighted by Crippen LogP contribution is -2.05. The van der Waals surface area contributed by atoms with Crippen molar-refractivity contribution >= 4 is 24.0 Å². The van der Waals surface area contributed by atoms with Crippen LogP contribution in [0.5, 0.6) is 17.2 Å². The van der Waals surface area contributed by atoms with Crippen molar-refractivity contribution in [3.8, 4) is 28.4 Å². The Morgan fingerprint density at radius 1 is 0.545 bits per heavy atom. The van der Waals surface area contributed by atoms with Crippen molar-refractivity contribution in [1.29, 1.82) is 0 Å². The molecule has 0 radical (unpaired) electrons. The first-order valence-corrected chi connectivity index (χ1v) is 9.86. The fourth-order valence-electron chi connectivity index (χ4n) is 2.71. The Morgan fingerprint density at radius 3 is 1.33 bits per heavy atom. The molecular weight excluding hydrogens is 420 g/mol. The predicted molar refractivity (Wildman–Crippen MR) is 125 cm³/mol. The number of rotatable bonds is 8. The Hall–Kier alpha value is -4.71. The highest BCUT2D eigenvalue weighted by molar-refractivity contribution is 5.89. The maximum absolute atomic E-state index is 12.1. The summed E-state index contributed by atoms with van der Waals surface area (Å²) in [5.74, 6) is -0.541. The maximum atomic E-state index is 12.1. The van der Waals surface area contributed by atoms with Crippen LogP contribution >= 0.6 is 0 Å². The molecule has 0 spiro atoms. The van der Waals surface area contributed by atoms with Crippen molar-refractivity contribution in [2.24, 2.45) is 0 Å². The number of hydrogen-bond donors (Lipinski definition) is 0. The molecule has 0 aliphatic heterocycles. The molecule has 0 atom stereocenters. The zero-order valence-corrected chi connectivity index (χ0v) is 17.6. The first-order chi connectivity index (χ1) is 16.0. The minimum absolute atomic E-state index is 0.320. The Balaban J connectivity index is 1.56. The van der Waals surface area contributed by atoms with Crippen LogP contribution in [-0.4, -0.2) is 17.9 Å². The summed E-state index contributed by atoms with van der Waals surface area (Å²) in [4.78, 5) is 34.5. The average Bonchev–Trinajstić information content (AvgIpc) is 2.84. The molecule has 6 heteroatoms. The van der Waals surface area contributed by atoms with Gasteiger partial charge in [-0.05, 0) is 59.2 Å². The van der Waals surface area contributed by atoms with Crippen LogP contribution in [0.3, 0.4) is 0 Å². The number of hydrogen-bond acceptors (Lipinski definition) is 6. The molecule has 0 fully saturated rings. The molecule has 3 aromatic rings. The van der Waals surface area contributed by atoms with Crippen LogP contribution in [-0.2, 0) is 14.4 Å². The molecular formula is C27H20O6. The first-order valence-electron chi connectivity index (χ1n) is 9.86. The molecule has 0 N–H and O–H groups in total. The third-order valence-corrected chi connectivity index (χ3v) is 4.32. The summed E-state index contributed by atoms with van der Waals surface area (Å²) in [6.07, 6.45) is 5.13. The van der Waals surface area contributed by atoms with E-state index in [0.717, 1.165) is 28.8 Å². The molecule has 0 saturated carbocycles. The SMILES string of the molecule is C=CC(=O)Oc1ccc(OC(=O)/C=C/c2ccc(-c3ccc(OC(=O)C=C)cc3)cc2)cc1. The van der Waals surface area contributed by atoms with Crippen LogP contribution in [0.1, 0.15) is 5.56 Å². The molecule has 0 bridgehead atoms.